The predicted octanol–water partition coefficient (Wildman–Crippen LogP) is 4.42. The minimum atomic E-state index is 0.483. The summed E-state index contributed by atoms with van der Waals surface area (Å²) in [6.07, 6.45) is 5.03. The summed E-state index contributed by atoms with van der Waals surface area (Å²) in [5.74, 6) is 2.03. The van der Waals surface area contributed by atoms with Gasteiger partial charge in [0.2, 0.25) is 0 Å². The van der Waals surface area contributed by atoms with Crippen molar-refractivity contribution >= 4 is 40.3 Å². The lowest BCUT2D eigenvalue weighted by Crippen LogP contribution is -2.12. The van der Waals surface area contributed by atoms with Gasteiger partial charge < -0.3 is 5.73 Å². The Hall–Kier alpha value is -0.320. The molecular weight excluding hydrogens is 296 g/mol. The number of rotatable bonds is 5. The molecule has 1 aliphatic carbocycles. The molecule has 104 valence electrons. The number of benzene rings is 1. The molecule has 0 heterocycles. The third-order valence-electron chi connectivity index (χ3n) is 3.05. The van der Waals surface area contributed by atoms with Crippen LogP contribution >= 0.6 is 35.1 Å². The normalized spacial score (nSPS) is 17.0. The Morgan fingerprint density at radius 1 is 1.21 bits per heavy atom. The molecule has 0 spiro atoms. The Balaban J connectivity index is 1.64. The zero-order valence-electron chi connectivity index (χ0n) is 10.8. The van der Waals surface area contributed by atoms with E-state index in [9.17, 15) is 0 Å². The monoisotopic (exact) mass is 314 g/mol. The van der Waals surface area contributed by atoms with Crippen molar-refractivity contribution in [3.05, 3.63) is 29.3 Å². The van der Waals surface area contributed by atoms with Gasteiger partial charge in [0.15, 0.2) is 5.17 Å². The minimum Gasteiger partial charge on any atom is -0.379 e. The Morgan fingerprint density at radius 3 is 2.58 bits per heavy atom. The summed E-state index contributed by atoms with van der Waals surface area (Å²) in [6.45, 7) is 0. The molecular formula is C14H19ClN2S2. The Bertz CT molecular complexity index is 414. The van der Waals surface area contributed by atoms with Crippen LogP contribution in [-0.2, 0) is 0 Å². The van der Waals surface area contributed by atoms with Crippen LogP contribution in [0.4, 0.5) is 0 Å². The second-order valence-electron chi connectivity index (χ2n) is 4.56. The highest BCUT2D eigenvalue weighted by Gasteiger charge is 2.13. The number of amidine groups is 1. The first-order valence-electron chi connectivity index (χ1n) is 6.58. The number of nitrogens with two attached hydrogens (primary N) is 1. The number of nitrogens with zero attached hydrogens (tertiary/aromatic N) is 1. The van der Waals surface area contributed by atoms with Crippen LogP contribution in [0, 0.1) is 0 Å². The van der Waals surface area contributed by atoms with Crippen LogP contribution in [-0.4, -0.2) is 22.7 Å². The highest BCUT2D eigenvalue weighted by molar-refractivity contribution is 8.14. The van der Waals surface area contributed by atoms with Gasteiger partial charge in [0.1, 0.15) is 0 Å². The molecule has 0 saturated heterocycles. The highest BCUT2D eigenvalue weighted by atomic mass is 35.5. The van der Waals surface area contributed by atoms with Gasteiger partial charge in [-0.05, 0) is 37.1 Å². The number of hydrogen-bond acceptors (Lipinski definition) is 3. The van der Waals surface area contributed by atoms with E-state index < -0.39 is 0 Å². The zero-order chi connectivity index (χ0) is 13.5. The summed E-state index contributed by atoms with van der Waals surface area (Å²) in [6, 6.07) is 8.43. The number of halogens is 1. The van der Waals surface area contributed by atoms with E-state index >= 15 is 0 Å². The Labute approximate surface area is 128 Å². The second-order valence-corrected chi connectivity index (χ2v) is 7.28. The van der Waals surface area contributed by atoms with E-state index in [2.05, 4.69) is 4.99 Å². The fraction of sp³-hybridized carbons (Fsp3) is 0.500. The molecule has 5 heteroatoms. The average Bonchev–Trinajstić information content (AvgIpc) is 2.89. The van der Waals surface area contributed by atoms with Crippen molar-refractivity contribution in [2.45, 2.75) is 36.6 Å². The van der Waals surface area contributed by atoms with E-state index in [-0.39, 0.29) is 0 Å². The molecule has 2 nitrogen and oxygen atoms in total. The maximum Gasteiger partial charge on any atom is 0.154 e. The lowest BCUT2D eigenvalue weighted by Gasteiger charge is -2.05. The Kier molecular flexibility index (Phi) is 6.41. The van der Waals surface area contributed by atoms with Gasteiger partial charge in [-0.1, -0.05) is 36.2 Å². The summed E-state index contributed by atoms with van der Waals surface area (Å²) in [7, 11) is 0. The van der Waals surface area contributed by atoms with E-state index in [4.69, 9.17) is 17.3 Å². The summed E-state index contributed by atoms with van der Waals surface area (Å²) in [4.78, 5) is 5.81. The predicted molar refractivity (Wildman–Crippen MR) is 88.5 cm³/mol. The number of thioether (sulfide) groups is 2. The van der Waals surface area contributed by atoms with Gasteiger partial charge in [-0.2, -0.15) is 0 Å². The van der Waals surface area contributed by atoms with E-state index in [1.807, 2.05) is 36.0 Å². The topological polar surface area (TPSA) is 38.4 Å². The van der Waals surface area contributed by atoms with Crippen molar-refractivity contribution in [3.8, 4) is 0 Å². The summed E-state index contributed by atoms with van der Waals surface area (Å²) < 4.78 is 0. The first kappa shape index (κ1) is 15.1. The van der Waals surface area contributed by atoms with E-state index in [0.29, 0.717) is 6.04 Å². The largest absolute Gasteiger partial charge is 0.379 e. The van der Waals surface area contributed by atoms with Gasteiger partial charge in [0, 0.05) is 21.4 Å². The molecule has 0 amide bonds. The van der Waals surface area contributed by atoms with Crippen LogP contribution in [0.2, 0.25) is 5.02 Å². The molecule has 2 N–H and O–H groups in total. The minimum absolute atomic E-state index is 0.483. The summed E-state index contributed by atoms with van der Waals surface area (Å²) in [5.41, 5.74) is 5.94. The van der Waals surface area contributed by atoms with Gasteiger partial charge in [-0.3, -0.25) is 4.99 Å². The Morgan fingerprint density at radius 2 is 1.89 bits per heavy atom. The van der Waals surface area contributed by atoms with E-state index in [1.54, 1.807) is 11.8 Å². The van der Waals surface area contributed by atoms with Crippen molar-refractivity contribution < 1.29 is 0 Å². The van der Waals surface area contributed by atoms with E-state index in [0.717, 1.165) is 21.7 Å². The van der Waals surface area contributed by atoms with Crippen molar-refractivity contribution in [1.82, 2.24) is 0 Å². The van der Waals surface area contributed by atoms with Crippen molar-refractivity contribution in [3.63, 3.8) is 0 Å². The smallest absolute Gasteiger partial charge is 0.154 e. The zero-order valence-corrected chi connectivity index (χ0v) is 13.2. The maximum absolute atomic E-state index is 5.94. The van der Waals surface area contributed by atoms with Crippen LogP contribution in [0.1, 0.15) is 25.7 Å². The highest BCUT2D eigenvalue weighted by Crippen LogP contribution is 2.23. The molecule has 1 saturated carbocycles. The quantitative estimate of drug-likeness (QED) is 0.378. The van der Waals surface area contributed by atoms with Gasteiger partial charge in [0.25, 0.3) is 0 Å². The van der Waals surface area contributed by atoms with Crippen LogP contribution < -0.4 is 5.73 Å². The van der Waals surface area contributed by atoms with Gasteiger partial charge in [-0.25, -0.2) is 0 Å². The van der Waals surface area contributed by atoms with Crippen molar-refractivity contribution in [1.29, 1.82) is 0 Å². The number of hydrogen-bond donors (Lipinski definition) is 1. The van der Waals surface area contributed by atoms with Crippen LogP contribution in [0.25, 0.3) is 0 Å². The standard InChI is InChI=1S/C14H19ClN2S2/c15-11-5-7-13(8-6-11)18-9-10-19-14(16)17-12-3-1-2-4-12/h5-8,12H,1-4,9-10H2,(H2,16,17). The molecule has 0 atom stereocenters. The van der Waals surface area contributed by atoms with Gasteiger partial charge >= 0.3 is 0 Å². The fourth-order valence-corrected chi connectivity index (χ4v) is 3.88. The molecule has 1 aromatic rings. The lowest BCUT2D eigenvalue weighted by molar-refractivity contribution is 0.708. The first-order valence-corrected chi connectivity index (χ1v) is 8.93. The number of aliphatic imine (C=N–C) groups is 1. The maximum atomic E-state index is 5.94. The van der Waals surface area contributed by atoms with Crippen LogP contribution in [0.15, 0.2) is 34.2 Å². The third-order valence-corrected chi connectivity index (χ3v) is 5.38. The molecule has 19 heavy (non-hydrogen) atoms. The van der Waals surface area contributed by atoms with Gasteiger partial charge in [0.05, 0.1) is 6.04 Å². The summed E-state index contributed by atoms with van der Waals surface area (Å²) >= 11 is 9.34. The molecule has 2 rings (SSSR count). The summed E-state index contributed by atoms with van der Waals surface area (Å²) in [5, 5.41) is 1.54. The van der Waals surface area contributed by atoms with E-state index in [1.165, 1.54) is 30.6 Å². The van der Waals surface area contributed by atoms with Gasteiger partial charge in [-0.15, -0.1) is 11.8 Å². The third kappa shape index (κ3) is 5.67. The van der Waals surface area contributed by atoms with Crippen LogP contribution in [0.5, 0.6) is 0 Å². The molecule has 0 aliphatic heterocycles. The van der Waals surface area contributed by atoms with Crippen LogP contribution in [0.3, 0.4) is 0 Å². The molecule has 0 unspecified atom stereocenters. The second kappa shape index (κ2) is 8.08. The molecule has 1 aliphatic rings. The average molecular weight is 315 g/mol. The molecule has 0 radical (unpaired) electrons. The molecule has 0 aromatic heterocycles. The fourth-order valence-electron chi connectivity index (χ4n) is 2.09. The molecule has 0 bridgehead atoms. The lowest BCUT2D eigenvalue weighted by atomic mass is 10.3. The SMILES string of the molecule is NC(=NC1CCCC1)SCCSc1ccc(Cl)cc1. The first-order chi connectivity index (χ1) is 9.24. The van der Waals surface area contributed by atoms with Crippen molar-refractivity contribution in [2.75, 3.05) is 11.5 Å². The van der Waals surface area contributed by atoms with Crippen molar-refractivity contribution in [2.24, 2.45) is 10.7 Å². The molecule has 1 fully saturated rings. The molecule has 1 aromatic carbocycles.